The van der Waals surface area contributed by atoms with E-state index in [1.165, 1.54) is 6.92 Å². The lowest BCUT2D eigenvalue weighted by molar-refractivity contribution is -0.115. The standard InChI is InChI=1S/C21H24N2O3/c1-4-18-12-23(13-21(25)22-17-7-5-6-14(2)10-17)19-11-16(15(3)24)8-9-20(19)26-18/h5-11,18H,4,12-13H2,1-3H3,(H,22,25). The predicted octanol–water partition coefficient (Wildman–Crippen LogP) is 3.81. The first-order chi connectivity index (χ1) is 12.5. The molecule has 2 aromatic rings. The van der Waals surface area contributed by atoms with Crippen LogP contribution in [0.5, 0.6) is 5.75 Å². The van der Waals surface area contributed by atoms with Gasteiger partial charge < -0.3 is 15.0 Å². The highest BCUT2D eigenvalue weighted by Crippen LogP contribution is 2.35. The first kappa shape index (κ1) is 18.0. The maximum atomic E-state index is 12.6. The number of carbonyl (C=O) groups is 2. The van der Waals surface area contributed by atoms with Gasteiger partial charge in [0.1, 0.15) is 11.9 Å². The second-order valence-electron chi connectivity index (χ2n) is 6.68. The quantitative estimate of drug-likeness (QED) is 0.831. The van der Waals surface area contributed by atoms with Gasteiger partial charge in [-0.1, -0.05) is 19.1 Å². The Balaban J connectivity index is 1.81. The van der Waals surface area contributed by atoms with Gasteiger partial charge in [0.15, 0.2) is 5.78 Å². The molecule has 0 bridgehead atoms. The number of aryl methyl sites for hydroxylation is 1. The summed E-state index contributed by atoms with van der Waals surface area (Å²) in [5.74, 6) is 0.623. The highest BCUT2D eigenvalue weighted by molar-refractivity contribution is 5.97. The average Bonchev–Trinajstić information content (AvgIpc) is 2.61. The Labute approximate surface area is 154 Å². The molecule has 0 aromatic heterocycles. The number of nitrogens with one attached hydrogen (secondary N) is 1. The fraction of sp³-hybridized carbons (Fsp3) is 0.333. The van der Waals surface area contributed by atoms with Gasteiger partial charge in [-0.15, -0.1) is 0 Å². The molecule has 1 aliphatic rings. The molecule has 1 atom stereocenters. The van der Waals surface area contributed by atoms with E-state index in [-0.39, 0.29) is 24.3 Å². The molecule has 1 aliphatic heterocycles. The molecule has 136 valence electrons. The van der Waals surface area contributed by atoms with Crippen LogP contribution >= 0.6 is 0 Å². The van der Waals surface area contributed by atoms with Crippen LogP contribution in [-0.4, -0.2) is 30.9 Å². The van der Waals surface area contributed by atoms with Crippen LogP contribution in [0, 0.1) is 6.92 Å². The number of carbonyl (C=O) groups excluding carboxylic acids is 2. The second-order valence-corrected chi connectivity index (χ2v) is 6.68. The van der Waals surface area contributed by atoms with Crippen LogP contribution in [0.15, 0.2) is 42.5 Å². The second kappa shape index (κ2) is 7.60. The van der Waals surface area contributed by atoms with Crippen LogP contribution in [0.3, 0.4) is 0 Å². The van der Waals surface area contributed by atoms with E-state index in [0.717, 1.165) is 29.1 Å². The van der Waals surface area contributed by atoms with Gasteiger partial charge in [-0.25, -0.2) is 0 Å². The predicted molar refractivity (Wildman–Crippen MR) is 103 cm³/mol. The van der Waals surface area contributed by atoms with Crippen molar-refractivity contribution in [3.05, 3.63) is 53.6 Å². The monoisotopic (exact) mass is 352 g/mol. The molecule has 1 unspecified atom stereocenters. The van der Waals surface area contributed by atoms with E-state index < -0.39 is 0 Å². The summed E-state index contributed by atoms with van der Waals surface area (Å²) >= 11 is 0. The zero-order valence-corrected chi connectivity index (χ0v) is 15.4. The molecule has 0 aliphatic carbocycles. The molecule has 26 heavy (non-hydrogen) atoms. The molecule has 5 heteroatoms. The average molecular weight is 352 g/mol. The summed E-state index contributed by atoms with van der Waals surface area (Å²) in [6.45, 7) is 6.41. The Hall–Kier alpha value is -2.82. The summed E-state index contributed by atoms with van der Waals surface area (Å²) in [5, 5.41) is 2.94. The SMILES string of the molecule is CCC1CN(CC(=O)Nc2cccc(C)c2)c2cc(C(C)=O)ccc2O1. The molecule has 0 spiro atoms. The number of ketones is 1. The third-order valence-electron chi connectivity index (χ3n) is 4.52. The molecule has 0 saturated heterocycles. The third kappa shape index (κ3) is 4.04. The van der Waals surface area contributed by atoms with Crippen LogP contribution in [0.1, 0.15) is 36.2 Å². The van der Waals surface area contributed by atoms with Crippen LogP contribution in [0.2, 0.25) is 0 Å². The summed E-state index contributed by atoms with van der Waals surface area (Å²) in [4.78, 5) is 26.3. The molecule has 0 saturated carbocycles. The lowest BCUT2D eigenvalue weighted by atomic mass is 10.1. The third-order valence-corrected chi connectivity index (χ3v) is 4.52. The van der Waals surface area contributed by atoms with E-state index in [1.807, 2.05) is 48.2 Å². The summed E-state index contributed by atoms with van der Waals surface area (Å²) in [6, 6.07) is 13.1. The molecule has 0 radical (unpaired) electrons. The van der Waals surface area contributed by atoms with Crippen molar-refractivity contribution in [1.82, 2.24) is 0 Å². The lowest BCUT2D eigenvalue weighted by Gasteiger charge is -2.35. The first-order valence-corrected chi connectivity index (χ1v) is 8.89. The molecule has 1 heterocycles. The summed E-state index contributed by atoms with van der Waals surface area (Å²) < 4.78 is 5.98. The van der Waals surface area contributed by atoms with Crippen LogP contribution in [-0.2, 0) is 4.79 Å². The van der Waals surface area contributed by atoms with Gasteiger partial charge in [-0.3, -0.25) is 9.59 Å². The fourth-order valence-electron chi connectivity index (χ4n) is 3.10. The molecule has 3 rings (SSSR count). The number of hydrogen-bond donors (Lipinski definition) is 1. The number of ether oxygens (including phenoxy) is 1. The Morgan fingerprint density at radius 3 is 2.73 bits per heavy atom. The zero-order valence-electron chi connectivity index (χ0n) is 15.4. The topological polar surface area (TPSA) is 58.6 Å². The number of rotatable bonds is 5. The van der Waals surface area contributed by atoms with Crippen molar-refractivity contribution < 1.29 is 14.3 Å². The molecular weight excluding hydrogens is 328 g/mol. The number of hydrogen-bond acceptors (Lipinski definition) is 4. The summed E-state index contributed by atoms with van der Waals surface area (Å²) in [5.41, 5.74) is 3.29. The molecular formula is C21H24N2O3. The maximum absolute atomic E-state index is 12.6. The van der Waals surface area contributed by atoms with E-state index in [4.69, 9.17) is 4.74 Å². The lowest BCUT2D eigenvalue weighted by Crippen LogP contribution is -2.43. The normalized spacial score (nSPS) is 15.8. The highest BCUT2D eigenvalue weighted by atomic mass is 16.5. The van der Waals surface area contributed by atoms with Gasteiger partial charge in [-0.2, -0.15) is 0 Å². The minimum Gasteiger partial charge on any atom is -0.486 e. The van der Waals surface area contributed by atoms with Crippen LogP contribution < -0.4 is 15.0 Å². The Morgan fingerprint density at radius 1 is 1.23 bits per heavy atom. The first-order valence-electron chi connectivity index (χ1n) is 8.89. The van der Waals surface area contributed by atoms with Crippen LogP contribution in [0.25, 0.3) is 0 Å². The van der Waals surface area contributed by atoms with Gasteiger partial charge in [-0.05, 0) is 56.2 Å². The van der Waals surface area contributed by atoms with Crippen LogP contribution in [0.4, 0.5) is 11.4 Å². The van der Waals surface area contributed by atoms with Crippen molar-refractivity contribution in [2.45, 2.75) is 33.3 Å². The Morgan fingerprint density at radius 2 is 2.04 bits per heavy atom. The van der Waals surface area contributed by atoms with Crippen molar-refractivity contribution >= 4 is 23.1 Å². The number of fused-ring (bicyclic) bond motifs is 1. The smallest absolute Gasteiger partial charge is 0.243 e. The van der Waals surface area contributed by atoms with E-state index in [0.29, 0.717) is 12.1 Å². The van der Waals surface area contributed by atoms with E-state index >= 15 is 0 Å². The molecule has 2 aromatic carbocycles. The van der Waals surface area contributed by atoms with Gasteiger partial charge in [0.2, 0.25) is 5.91 Å². The largest absolute Gasteiger partial charge is 0.486 e. The van der Waals surface area contributed by atoms with E-state index in [2.05, 4.69) is 12.2 Å². The Bertz CT molecular complexity index is 832. The number of nitrogens with zero attached hydrogens (tertiary/aromatic N) is 1. The zero-order chi connectivity index (χ0) is 18.7. The highest BCUT2D eigenvalue weighted by Gasteiger charge is 2.26. The number of Topliss-reactive ketones (excluding diaryl/α,β-unsaturated/α-hetero) is 1. The van der Waals surface area contributed by atoms with Gasteiger partial charge >= 0.3 is 0 Å². The minimum absolute atomic E-state index is 0.00502. The molecule has 1 N–H and O–H groups in total. The van der Waals surface area contributed by atoms with E-state index in [1.54, 1.807) is 6.07 Å². The van der Waals surface area contributed by atoms with Crippen molar-refractivity contribution in [1.29, 1.82) is 0 Å². The minimum atomic E-state index is -0.0912. The number of amides is 1. The maximum Gasteiger partial charge on any atom is 0.243 e. The van der Waals surface area contributed by atoms with Gasteiger partial charge in [0.05, 0.1) is 18.8 Å². The number of benzene rings is 2. The fourth-order valence-corrected chi connectivity index (χ4v) is 3.10. The Kier molecular flexibility index (Phi) is 5.26. The van der Waals surface area contributed by atoms with Gasteiger partial charge in [0, 0.05) is 11.3 Å². The number of anilines is 2. The van der Waals surface area contributed by atoms with Crippen molar-refractivity contribution in [2.24, 2.45) is 0 Å². The molecule has 5 nitrogen and oxygen atoms in total. The van der Waals surface area contributed by atoms with Gasteiger partial charge in [0.25, 0.3) is 0 Å². The van der Waals surface area contributed by atoms with E-state index in [9.17, 15) is 9.59 Å². The van der Waals surface area contributed by atoms with Crippen molar-refractivity contribution in [3.63, 3.8) is 0 Å². The summed E-state index contributed by atoms with van der Waals surface area (Å²) in [6.07, 6.45) is 0.877. The van der Waals surface area contributed by atoms with Crippen molar-refractivity contribution in [2.75, 3.05) is 23.3 Å². The summed E-state index contributed by atoms with van der Waals surface area (Å²) in [7, 11) is 0. The molecule has 0 fully saturated rings. The van der Waals surface area contributed by atoms with Crippen molar-refractivity contribution in [3.8, 4) is 5.75 Å². The molecule has 1 amide bonds.